The van der Waals surface area contributed by atoms with Crippen LogP contribution in [0.4, 0.5) is 0 Å². The Hall–Kier alpha value is -0.730. The first kappa shape index (κ1) is 10.4. The van der Waals surface area contributed by atoms with E-state index in [1.165, 1.54) is 38.5 Å². The third-order valence-corrected chi connectivity index (χ3v) is 4.32. The lowest BCUT2D eigenvalue weighted by Crippen LogP contribution is -2.39. The Kier molecular flexibility index (Phi) is 2.78. The molecular weight excluding hydrogens is 198 g/mol. The van der Waals surface area contributed by atoms with Gasteiger partial charge in [-0.2, -0.15) is 0 Å². The third-order valence-electron chi connectivity index (χ3n) is 4.32. The van der Waals surface area contributed by atoms with E-state index in [0.717, 1.165) is 30.4 Å². The zero-order valence-corrected chi connectivity index (χ0v) is 10.2. The normalized spacial score (nSPS) is 39.1. The molecule has 0 aromatic carbocycles. The van der Waals surface area contributed by atoms with Gasteiger partial charge in [-0.3, -0.25) is 4.99 Å². The molecule has 3 unspecified atom stereocenters. The zero-order valence-electron chi connectivity index (χ0n) is 10.2. The minimum absolute atomic E-state index is 0.523. The van der Waals surface area contributed by atoms with E-state index in [2.05, 4.69) is 22.5 Å². The molecule has 3 heteroatoms. The smallest absolute Gasteiger partial charge is 0.191 e. The molecule has 1 heterocycles. The molecule has 0 radical (unpaired) electrons. The summed E-state index contributed by atoms with van der Waals surface area (Å²) in [5.74, 6) is 3.00. The van der Waals surface area contributed by atoms with Gasteiger partial charge in [-0.1, -0.05) is 32.1 Å². The van der Waals surface area contributed by atoms with Crippen LogP contribution in [0, 0.1) is 11.8 Å². The van der Waals surface area contributed by atoms with Gasteiger partial charge < -0.3 is 10.6 Å². The molecule has 0 spiro atoms. The molecule has 3 aliphatic rings. The molecule has 3 rings (SSSR count). The first-order chi connectivity index (χ1) is 7.83. The van der Waals surface area contributed by atoms with Crippen LogP contribution < -0.4 is 10.6 Å². The van der Waals surface area contributed by atoms with Crippen LogP contribution in [-0.2, 0) is 0 Å². The average Bonchev–Trinajstić information content (AvgIpc) is 2.95. The van der Waals surface area contributed by atoms with Crippen LogP contribution in [0.3, 0.4) is 0 Å². The lowest BCUT2D eigenvalue weighted by atomic mass is 9.85. The van der Waals surface area contributed by atoms with E-state index in [0.29, 0.717) is 6.04 Å². The summed E-state index contributed by atoms with van der Waals surface area (Å²) in [6, 6.07) is 1.24. The molecule has 0 aromatic rings. The van der Waals surface area contributed by atoms with Crippen molar-refractivity contribution in [3.8, 4) is 0 Å². The summed E-state index contributed by atoms with van der Waals surface area (Å²) >= 11 is 0. The van der Waals surface area contributed by atoms with Gasteiger partial charge in [-0.25, -0.2) is 0 Å². The van der Waals surface area contributed by atoms with E-state index in [4.69, 9.17) is 0 Å². The molecule has 0 bridgehead atoms. The lowest BCUT2D eigenvalue weighted by Gasteiger charge is -2.21. The molecule has 0 aromatic heterocycles. The highest BCUT2D eigenvalue weighted by atomic mass is 15.3. The maximum atomic E-state index is 4.47. The van der Waals surface area contributed by atoms with Gasteiger partial charge in [0.05, 0.1) is 6.54 Å². The minimum atomic E-state index is 0.523. The Morgan fingerprint density at radius 1 is 1.25 bits per heavy atom. The molecule has 3 atom stereocenters. The molecule has 2 aliphatic carbocycles. The maximum Gasteiger partial charge on any atom is 0.191 e. The van der Waals surface area contributed by atoms with E-state index >= 15 is 0 Å². The predicted octanol–water partition coefficient (Wildman–Crippen LogP) is 1.89. The van der Waals surface area contributed by atoms with Crippen molar-refractivity contribution in [1.29, 1.82) is 0 Å². The molecule has 1 aliphatic heterocycles. The van der Waals surface area contributed by atoms with Gasteiger partial charge in [0.1, 0.15) is 0 Å². The molecule has 90 valence electrons. The summed E-state index contributed by atoms with van der Waals surface area (Å²) in [6.07, 6.45) is 8.71. The number of rotatable bonds is 2. The number of nitrogens with zero attached hydrogens (tertiary/aromatic N) is 1. The molecular formula is C13H23N3. The molecule has 0 amide bonds. The summed E-state index contributed by atoms with van der Waals surface area (Å²) < 4.78 is 0. The number of hydrogen-bond acceptors (Lipinski definition) is 3. The average molecular weight is 221 g/mol. The van der Waals surface area contributed by atoms with Crippen molar-refractivity contribution in [2.24, 2.45) is 16.8 Å². The summed E-state index contributed by atoms with van der Waals surface area (Å²) in [4.78, 5) is 4.47. The molecule has 2 saturated carbocycles. The zero-order chi connectivity index (χ0) is 11.0. The van der Waals surface area contributed by atoms with E-state index in [1.54, 1.807) is 0 Å². The molecule has 2 fully saturated rings. The standard InChI is InChI=1S/C13H23N3/c1-9-8-14-13(15-9)16-12-7-11(12)10-5-3-2-4-6-10/h9-12H,2-8H2,1H3,(H2,14,15,16). The number of aliphatic imine (C=N–C) groups is 1. The fraction of sp³-hybridized carbons (Fsp3) is 0.923. The van der Waals surface area contributed by atoms with Crippen molar-refractivity contribution in [1.82, 2.24) is 10.6 Å². The largest absolute Gasteiger partial charge is 0.353 e. The fourth-order valence-corrected chi connectivity index (χ4v) is 3.28. The van der Waals surface area contributed by atoms with Crippen molar-refractivity contribution in [3.05, 3.63) is 0 Å². The number of guanidine groups is 1. The van der Waals surface area contributed by atoms with E-state index in [9.17, 15) is 0 Å². The van der Waals surface area contributed by atoms with Crippen molar-refractivity contribution in [2.45, 2.75) is 57.5 Å². The van der Waals surface area contributed by atoms with Gasteiger partial charge in [0, 0.05) is 12.1 Å². The first-order valence-corrected chi connectivity index (χ1v) is 6.90. The van der Waals surface area contributed by atoms with Crippen LogP contribution >= 0.6 is 0 Å². The second-order valence-corrected chi connectivity index (χ2v) is 5.78. The highest BCUT2D eigenvalue weighted by Crippen LogP contribution is 2.44. The van der Waals surface area contributed by atoms with Crippen molar-refractivity contribution >= 4 is 5.96 Å². The van der Waals surface area contributed by atoms with Crippen molar-refractivity contribution in [3.63, 3.8) is 0 Å². The van der Waals surface area contributed by atoms with Crippen LogP contribution in [0.5, 0.6) is 0 Å². The third kappa shape index (κ3) is 2.18. The highest BCUT2D eigenvalue weighted by Gasteiger charge is 2.43. The topological polar surface area (TPSA) is 36.4 Å². The monoisotopic (exact) mass is 221 g/mol. The molecule has 0 saturated heterocycles. The summed E-state index contributed by atoms with van der Waals surface area (Å²) in [7, 11) is 0. The lowest BCUT2D eigenvalue weighted by molar-refractivity contribution is 0.316. The Labute approximate surface area is 98.1 Å². The fourth-order valence-electron chi connectivity index (χ4n) is 3.28. The van der Waals surface area contributed by atoms with Crippen molar-refractivity contribution in [2.75, 3.05) is 6.54 Å². The minimum Gasteiger partial charge on any atom is -0.353 e. The van der Waals surface area contributed by atoms with Crippen LogP contribution in [0.1, 0.15) is 45.4 Å². The summed E-state index contributed by atoms with van der Waals surface area (Å²) in [6.45, 7) is 3.12. The number of nitrogens with one attached hydrogen (secondary N) is 2. The van der Waals surface area contributed by atoms with E-state index in [-0.39, 0.29) is 0 Å². The van der Waals surface area contributed by atoms with Crippen LogP contribution in [-0.4, -0.2) is 24.6 Å². The van der Waals surface area contributed by atoms with Gasteiger partial charge in [0.25, 0.3) is 0 Å². The Morgan fingerprint density at radius 3 is 2.75 bits per heavy atom. The first-order valence-electron chi connectivity index (χ1n) is 6.90. The second kappa shape index (κ2) is 4.27. The predicted molar refractivity (Wildman–Crippen MR) is 66.5 cm³/mol. The van der Waals surface area contributed by atoms with Gasteiger partial charge >= 0.3 is 0 Å². The van der Waals surface area contributed by atoms with Crippen LogP contribution in [0.15, 0.2) is 4.99 Å². The van der Waals surface area contributed by atoms with Gasteiger partial charge in [-0.15, -0.1) is 0 Å². The molecule has 16 heavy (non-hydrogen) atoms. The van der Waals surface area contributed by atoms with Gasteiger partial charge in [0.15, 0.2) is 5.96 Å². The SMILES string of the molecule is CC1CN=C(NC2CC2C2CCCCC2)N1. The van der Waals surface area contributed by atoms with Crippen LogP contribution in [0.2, 0.25) is 0 Å². The molecule has 3 nitrogen and oxygen atoms in total. The Morgan fingerprint density at radius 2 is 2.06 bits per heavy atom. The van der Waals surface area contributed by atoms with Crippen LogP contribution in [0.25, 0.3) is 0 Å². The summed E-state index contributed by atoms with van der Waals surface area (Å²) in [5.41, 5.74) is 0. The van der Waals surface area contributed by atoms with Crippen molar-refractivity contribution < 1.29 is 0 Å². The van der Waals surface area contributed by atoms with Gasteiger partial charge in [-0.05, 0) is 25.2 Å². The summed E-state index contributed by atoms with van der Waals surface area (Å²) in [5, 5.41) is 6.96. The highest BCUT2D eigenvalue weighted by molar-refractivity contribution is 5.82. The van der Waals surface area contributed by atoms with E-state index in [1.807, 2.05) is 0 Å². The van der Waals surface area contributed by atoms with E-state index < -0.39 is 0 Å². The second-order valence-electron chi connectivity index (χ2n) is 5.78. The Balaban J connectivity index is 1.45. The maximum absolute atomic E-state index is 4.47. The van der Waals surface area contributed by atoms with Gasteiger partial charge in [0.2, 0.25) is 0 Å². The Bertz CT molecular complexity index is 281. The molecule has 2 N–H and O–H groups in total. The number of hydrogen-bond donors (Lipinski definition) is 2. The quantitative estimate of drug-likeness (QED) is 0.747.